The quantitative estimate of drug-likeness (QED) is 0.906. The molecule has 1 aromatic carbocycles. The lowest BCUT2D eigenvalue weighted by Gasteiger charge is -2.29. The van der Waals surface area contributed by atoms with Gasteiger partial charge in [0.2, 0.25) is 5.91 Å². The fourth-order valence-corrected chi connectivity index (χ4v) is 3.08. The number of benzene rings is 1. The van der Waals surface area contributed by atoms with Crippen molar-refractivity contribution in [2.24, 2.45) is 14.5 Å². The van der Waals surface area contributed by atoms with E-state index >= 15 is 0 Å². The highest BCUT2D eigenvalue weighted by Gasteiger charge is 2.20. The van der Waals surface area contributed by atoms with E-state index in [0.717, 1.165) is 54.3 Å². The van der Waals surface area contributed by atoms with Crippen LogP contribution in [-0.4, -0.2) is 36.5 Å². The van der Waals surface area contributed by atoms with Crippen LogP contribution >= 0.6 is 12.4 Å². The number of fused-ring (bicyclic) bond motifs is 1. The number of likely N-dealkylation sites (tertiary alicyclic amines) is 1. The number of nitrogens with one attached hydrogen (secondary N) is 1. The molecule has 2 aliphatic rings. The zero-order chi connectivity index (χ0) is 13.9. The van der Waals surface area contributed by atoms with Crippen LogP contribution in [-0.2, 0) is 16.1 Å². The van der Waals surface area contributed by atoms with Crippen molar-refractivity contribution in [1.82, 2.24) is 4.90 Å². The Morgan fingerprint density at radius 3 is 3.14 bits per heavy atom. The summed E-state index contributed by atoms with van der Waals surface area (Å²) in [7, 11) is 0. The van der Waals surface area contributed by atoms with Gasteiger partial charge in [-0.1, -0.05) is 6.07 Å². The topological polar surface area (TPSA) is 83.1 Å². The number of hydrogen-bond acceptors (Lipinski definition) is 5. The maximum Gasteiger partial charge on any atom is 0.238 e. The minimum atomic E-state index is -0.0281. The molecule has 1 aromatic rings. The molecule has 6 nitrogen and oxygen atoms in total. The van der Waals surface area contributed by atoms with Crippen LogP contribution in [0.15, 0.2) is 26.9 Å². The van der Waals surface area contributed by atoms with Crippen LogP contribution in [0.2, 0.25) is 0 Å². The highest BCUT2D eigenvalue weighted by molar-refractivity contribution is 7.58. The summed E-state index contributed by atoms with van der Waals surface area (Å²) in [5.74, 6) is -0.0281. The van der Waals surface area contributed by atoms with Crippen molar-refractivity contribution in [3.63, 3.8) is 0 Å². The van der Waals surface area contributed by atoms with Gasteiger partial charge < -0.3 is 11.1 Å². The fraction of sp³-hybridized carbons (Fsp3) is 0.462. The predicted molar refractivity (Wildman–Crippen MR) is 87.5 cm³/mol. The first-order chi connectivity index (χ1) is 9.72. The van der Waals surface area contributed by atoms with E-state index in [9.17, 15) is 4.79 Å². The standard InChI is InChI=1S/C13H17N5OS.ClH/c14-9-3-2-6-18(7-9)8-12(19)15-10-4-1-5-11-13(10)17-20-16-11;/h1,4-5,9H,2-3,6-8,14H2,(H,15,19);1H. The van der Waals surface area contributed by atoms with Gasteiger partial charge in [-0.2, -0.15) is 8.73 Å². The molecule has 0 bridgehead atoms. The molecule has 1 unspecified atom stereocenters. The van der Waals surface area contributed by atoms with Gasteiger partial charge in [-0.3, -0.25) is 9.69 Å². The molecular weight excluding hydrogens is 310 g/mol. The third kappa shape index (κ3) is 3.88. The molecule has 114 valence electrons. The molecule has 1 fully saturated rings. The molecule has 2 heterocycles. The van der Waals surface area contributed by atoms with Crippen LogP contribution in [0.5, 0.6) is 0 Å². The molecule has 0 aromatic heterocycles. The Labute approximate surface area is 133 Å². The van der Waals surface area contributed by atoms with Crippen LogP contribution in [0.3, 0.4) is 0 Å². The summed E-state index contributed by atoms with van der Waals surface area (Å²) < 4.78 is 8.38. The van der Waals surface area contributed by atoms with Gasteiger partial charge in [-0.15, -0.1) is 12.4 Å². The average molecular weight is 328 g/mol. The fourth-order valence-electron chi connectivity index (χ4n) is 2.53. The Morgan fingerprint density at radius 2 is 2.33 bits per heavy atom. The van der Waals surface area contributed by atoms with Gasteiger partial charge in [-0.05, 0) is 31.5 Å². The van der Waals surface area contributed by atoms with Crippen molar-refractivity contribution >= 4 is 46.7 Å². The summed E-state index contributed by atoms with van der Waals surface area (Å²) in [5.41, 5.74) is 8.21. The Balaban J connectivity index is 0.00000161. The van der Waals surface area contributed by atoms with Crippen molar-refractivity contribution < 1.29 is 4.79 Å². The SMILES string of the molecule is Cl.NC1CCCN(CC(=O)Nc2cccc3c2N=S=N3)C1. The molecule has 2 aliphatic heterocycles. The number of nitrogens with two attached hydrogens (primary N) is 1. The van der Waals surface area contributed by atoms with Crippen LogP contribution < -0.4 is 11.1 Å². The Bertz CT molecular complexity index is 602. The number of nitrogens with zero attached hydrogens (tertiary/aromatic N) is 3. The summed E-state index contributed by atoms with van der Waals surface area (Å²) in [6.45, 7) is 2.10. The average Bonchev–Trinajstić information content (AvgIpc) is 2.88. The molecule has 8 heteroatoms. The van der Waals surface area contributed by atoms with E-state index in [4.69, 9.17) is 5.73 Å². The number of piperidine rings is 1. The van der Waals surface area contributed by atoms with Crippen LogP contribution in [0.25, 0.3) is 0 Å². The second-order valence-corrected chi connectivity index (χ2v) is 5.65. The number of amides is 1. The monoisotopic (exact) mass is 327 g/mol. The first-order valence-electron chi connectivity index (χ1n) is 6.71. The number of anilines is 1. The van der Waals surface area contributed by atoms with Gasteiger partial charge in [0.1, 0.15) is 11.4 Å². The minimum absolute atomic E-state index is 0. The van der Waals surface area contributed by atoms with Crippen LogP contribution in [0, 0.1) is 0 Å². The van der Waals surface area contributed by atoms with E-state index in [2.05, 4.69) is 18.9 Å². The molecule has 1 amide bonds. The van der Waals surface area contributed by atoms with Crippen LogP contribution in [0.1, 0.15) is 12.8 Å². The van der Waals surface area contributed by atoms with E-state index in [1.165, 1.54) is 0 Å². The van der Waals surface area contributed by atoms with Crippen LogP contribution in [0.4, 0.5) is 17.1 Å². The third-order valence-electron chi connectivity index (χ3n) is 3.47. The summed E-state index contributed by atoms with van der Waals surface area (Å²) in [4.78, 5) is 14.2. The lowest BCUT2D eigenvalue weighted by atomic mass is 10.1. The lowest BCUT2D eigenvalue weighted by Crippen LogP contribution is -2.45. The van der Waals surface area contributed by atoms with Crippen molar-refractivity contribution in [1.29, 1.82) is 0 Å². The molecule has 3 N–H and O–H groups in total. The molecule has 1 atom stereocenters. The molecule has 3 rings (SSSR count). The van der Waals surface area contributed by atoms with Gasteiger partial charge in [0.05, 0.1) is 23.6 Å². The highest BCUT2D eigenvalue weighted by Crippen LogP contribution is 2.38. The van der Waals surface area contributed by atoms with E-state index in [-0.39, 0.29) is 24.4 Å². The molecule has 0 radical (unpaired) electrons. The molecule has 0 aliphatic carbocycles. The minimum Gasteiger partial charge on any atom is -0.327 e. The zero-order valence-corrected chi connectivity index (χ0v) is 13.1. The number of carbonyl (C=O) groups is 1. The van der Waals surface area contributed by atoms with Gasteiger partial charge in [0, 0.05) is 12.6 Å². The summed E-state index contributed by atoms with van der Waals surface area (Å²) in [6.07, 6.45) is 2.10. The zero-order valence-electron chi connectivity index (χ0n) is 11.5. The summed E-state index contributed by atoms with van der Waals surface area (Å²) in [5, 5.41) is 2.92. The normalized spacial score (nSPS) is 20.3. The second kappa shape index (κ2) is 7.13. The maximum atomic E-state index is 12.1. The van der Waals surface area contributed by atoms with Gasteiger partial charge in [0.25, 0.3) is 0 Å². The number of halogens is 1. The smallest absolute Gasteiger partial charge is 0.238 e. The van der Waals surface area contributed by atoms with Crippen molar-refractivity contribution in [2.75, 3.05) is 25.0 Å². The molecule has 1 saturated heterocycles. The van der Waals surface area contributed by atoms with Gasteiger partial charge >= 0.3 is 0 Å². The maximum absolute atomic E-state index is 12.1. The number of hydrogen-bond donors (Lipinski definition) is 2. The number of rotatable bonds is 3. The lowest BCUT2D eigenvalue weighted by molar-refractivity contribution is -0.117. The first kappa shape index (κ1) is 16.1. The molecule has 0 saturated carbocycles. The van der Waals surface area contributed by atoms with Crippen molar-refractivity contribution in [3.05, 3.63) is 18.2 Å². The highest BCUT2D eigenvalue weighted by atomic mass is 35.5. The second-order valence-electron chi connectivity index (χ2n) is 5.12. The predicted octanol–water partition coefficient (Wildman–Crippen LogP) is 2.20. The first-order valence-corrected chi connectivity index (χ1v) is 7.44. The van der Waals surface area contributed by atoms with Gasteiger partial charge in [-0.25, -0.2) is 0 Å². The van der Waals surface area contributed by atoms with E-state index < -0.39 is 0 Å². The Kier molecular flexibility index (Phi) is 5.46. The van der Waals surface area contributed by atoms with Crippen molar-refractivity contribution in [3.8, 4) is 0 Å². The van der Waals surface area contributed by atoms with Gasteiger partial charge in [0.15, 0.2) is 0 Å². The molecular formula is C13H18ClN5OS. The van der Waals surface area contributed by atoms with E-state index in [1.807, 2.05) is 18.2 Å². The molecule has 0 spiro atoms. The van der Waals surface area contributed by atoms with E-state index in [0.29, 0.717) is 6.54 Å². The third-order valence-corrected chi connectivity index (χ3v) is 4.01. The number of carbonyl (C=O) groups excluding carboxylic acids is 1. The Morgan fingerprint density at radius 1 is 1.48 bits per heavy atom. The Hall–Kier alpha value is -1.28. The summed E-state index contributed by atoms with van der Waals surface area (Å²) in [6, 6.07) is 5.79. The van der Waals surface area contributed by atoms with E-state index in [1.54, 1.807) is 0 Å². The molecule has 21 heavy (non-hydrogen) atoms. The largest absolute Gasteiger partial charge is 0.327 e. The summed E-state index contributed by atoms with van der Waals surface area (Å²) >= 11 is 1.15. The van der Waals surface area contributed by atoms with Crippen molar-refractivity contribution in [2.45, 2.75) is 18.9 Å².